The Morgan fingerprint density at radius 1 is 1.19 bits per heavy atom. The predicted molar refractivity (Wildman–Crippen MR) is 106 cm³/mol. The van der Waals surface area contributed by atoms with Crippen molar-refractivity contribution in [1.82, 2.24) is 0 Å². The van der Waals surface area contributed by atoms with Crippen LogP contribution >= 0.6 is 15.9 Å². The molecule has 1 aliphatic rings. The molecule has 2 aromatic rings. The summed E-state index contributed by atoms with van der Waals surface area (Å²) in [7, 11) is 0. The van der Waals surface area contributed by atoms with Crippen molar-refractivity contribution in [2.75, 3.05) is 11.4 Å². The second-order valence-corrected chi connectivity index (χ2v) is 7.81. The molecule has 0 saturated heterocycles. The average molecular weight is 416 g/mol. The lowest BCUT2D eigenvalue weighted by molar-refractivity contribution is -0.135. The number of carbonyl (C=O) groups is 2. The van der Waals surface area contributed by atoms with Crippen molar-refractivity contribution in [2.24, 2.45) is 0 Å². The van der Waals surface area contributed by atoms with Crippen molar-refractivity contribution in [3.8, 4) is 0 Å². The van der Waals surface area contributed by atoms with E-state index in [1.807, 2.05) is 45.0 Å². The van der Waals surface area contributed by atoms with Crippen molar-refractivity contribution < 1.29 is 14.7 Å². The maximum atomic E-state index is 13.0. The maximum absolute atomic E-state index is 13.0. The van der Waals surface area contributed by atoms with Crippen molar-refractivity contribution in [2.45, 2.75) is 39.2 Å². The summed E-state index contributed by atoms with van der Waals surface area (Å²) in [6.07, 6.45) is 0.502. The highest BCUT2D eigenvalue weighted by atomic mass is 79.9. The first kappa shape index (κ1) is 18.8. The van der Waals surface area contributed by atoms with Crippen LogP contribution in [0, 0.1) is 13.8 Å². The number of ketones is 1. The Kier molecular flexibility index (Phi) is 5.04. The van der Waals surface area contributed by atoms with Gasteiger partial charge in [0.2, 0.25) is 0 Å². The highest BCUT2D eigenvalue weighted by molar-refractivity contribution is 9.10. The quantitative estimate of drug-likeness (QED) is 0.741. The zero-order chi connectivity index (χ0) is 19.1. The van der Waals surface area contributed by atoms with Crippen LogP contribution < -0.4 is 4.90 Å². The van der Waals surface area contributed by atoms with Gasteiger partial charge in [-0.3, -0.25) is 9.59 Å². The van der Waals surface area contributed by atoms with Crippen molar-refractivity contribution in [3.05, 3.63) is 63.1 Å². The van der Waals surface area contributed by atoms with Gasteiger partial charge >= 0.3 is 0 Å². The Balaban J connectivity index is 2.02. The largest absolute Gasteiger partial charge is 0.375 e. The van der Waals surface area contributed by atoms with Crippen molar-refractivity contribution >= 4 is 33.3 Å². The second kappa shape index (κ2) is 6.97. The smallest absolute Gasteiger partial charge is 0.264 e. The summed E-state index contributed by atoms with van der Waals surface area (Å²) in [6, 6.07) is 11.0. The SMILES string of the molecule is CCCN1C(=O)[C@](O)(CC(=O)c2ccc(C)cc2C)c2cc(Br)ccc21. The lowest BCUT2D eigenvalue weighted by atomic mass is 9.87. The van der Waals surface area contributed by atoms with Crippen molar-refractivity contribution in [1.29, 1.82) is 0 Å². The number of Topliss-reactive ketones (excluding diaryl/α,β-unsaturated/α-hetero) is 1. The molecule has 0 unspecified atom stereocenters. The predicted octanol–water partition coefficient (Wildman–Crippen LogP) is 4.28. The van der Waals surface area contributed by atoms with E-state index in [2.05, 4.69) is 15.9 Å². The summed E-state index contributed by atoms with van der Waals surface area (Å²) in [4.78, 5) is 27.5. The number of aryl methyl sites for hydroxylation is 2. The van der Waals surface area contributed by atoms with Crippen LogP contribution in [0.25, 0.3) is 0 Å². The summed E-state index contributed by atoms with van der Waals surface area (Å²) >= 11 is 3.40. The molecule has 2 aromatic carbocycles. The zero-order valence-corrected chi connectivity index (χ0v) is 16.8. The molecule has 1 amide bonds. The zero-order valence-electron chi connectivity index (χ0n) is 15.2. The summed E-state index contributed by atoms with van der Waals surface area (Å²) in [5, 5.41) is 11.3. The molecule has 26 heavy (non-hydrogen) atoms. The fraction of sp³-hybridized carbons (Fsp3) is 0.333. The number of rotatable bonds is 5. The third-order valence-electron chi connectivity index (χ3n) is 4.84. The minimum absolute atomic E-state index is 0.234. The van der Waals surface area contributed by atoms with Gasteiger partial charge in [0.05, 0.1) is 12.1 Å². The molecule has 136 valence electrons. The Hall–Kier alpha value is -1.98. The number of halogens is 1. The monoisotopic (exact) mass is 415 g/mol. The number of hydrogen-bond donors (Lipinski definition) is 1. The minimum Gasteiger partial charge on any atom is -0.375 e. The number of anilines is 1. The van der Waals surface area contributed by atoms with Gasteiger partial charge in [-0.25, -0.2) is 0 Å². The Labute approximate surface area is 162 Å². The number of aliphatic hydroxyl groups is 1. The van der Waals surface area contributed by atoms with Gasteiger partial charge in [0.25, 0.3) is 5.91 Å². The molecule has 1 atom stereocenters. The molecule has 0 spiro atoms. The van der Waals surface area contributed by atoms with Gasteiger partial charge in [0, 0.05) is 22.1 Å². The lowest BCUT2D eigenvalue weighted by Gasteiger charge is -2.23. The third-order valence-corrected chi connectivity index (χ3v) is 5.33. The van der Waals surface area contributed by atoms with E-state index in [0.717, 1.165) is 22.0 Å². The van der Waals surface area contributed by atoms with Crippen LogP contribution in [0.5, 0.6) is 0 Å². The number of fused-ring (bicyclic) bond motifs is 1. The van der Waals surface area contributed by atoms with E-state index in [0.29, 0.717) is 23.4 Å². The van der Waals surface area contributed by atoms with Gasteiger partial charge in [0.15, 0.2) is 11.4 Å². The second-order valence-electron chi connectivity index (χ2n) is 6.90. The van der Waals surface area contributed by atoms with Gasteiger partial charge in [-0.05, 0) is 44.0 Å². The molecule has 0 saturated carbocycles. The fourth-order valence-electron chi connectivity index (χ4n) is 3.59. The van der Waals surface area contributed by atoms with Gasteiger partial charge in [-0.15, -0.1) is 0 Å². The van der Waals surface area contributed by atoms with Gasteiger partial charge in [0.1, 0.15) is 0 Å². The first-order chi connectivity index (χ1) is 12.3. The molecule has 5 heteroatoms. The molecular formula is C21H22BrNO3. The molecule has 1 heterocycles. The molecular weight excluding hydrogens is 394 g/mol. The lowest BCUT2D eigenvalue weighted by Crippen LogP contribution is -2.42. The number of nitrogens with zero attached hydrogens (tertiary/aromatic N) is 1. The minimum atomic E-state index is -1.83. The Morgan fingerprint density at radius 3 is 2.58 bits per heavy atom. The van der Waals surface area contributed by atoms with Crippen LogP contribution in [-0.4, -0.2) is 23.3 Å². The third kappa shape index (κ3) is 3.10. The van der Waals surface area contributed by atoms with Crippen LogP contribution in [0.15, 0.2) is 40.9 Å². The molecule has 0 radical (unpaired) electrons. The first-order valence-electron chi connectivity index (χ1n) is 8.72. The first-order valence-corrected chi connectivity index (χ1v) is 9.52. The molecule has 0 fully saturated rings. The molecule has 0 bridgehead atoms. The van der Waals surface area contributed by atoms with E-state index in [1.54, 1.807) is 17.0 Å². The number of benzene rings is 2. The van der Waals surface area contributed by atoms with Crippen LogP contribution in [-0.2, 0) is 10.4 Å². The highest BCUT2D eigenvalue weighted by Gasteiger charge is 2.50. The van der Waals surface area contributed by atoms with E-state index in [1.165, 1.54) is 0 Å². The topological polar surface area (TPSA) is 57.6 Å². The molecule has 3 rings (SSSR count). The van der Waals surface area contributed by atoms with Crippen molar-refractivity contribution in [3.63, 3.8) is 0 Å². The number of amides is 1. The van der Waals surface area contributed by atoms with Crippen LogP contribution in [0.4, 0.5) is 5.69 Å². The van der Waals surface area contributed by atoms with Crippen LogP contribution in [0.2, 0.25) is 0 Å². The highest BCUT2D eigenvalue weighted by Crippen LogP contribution is 2.44. The normalized spacial score (nSPS) is 19.0. The Morgan fingerprint density at radius 2 is 1.92 bits per heavy atom. The number of hydrogen-bond acceptors (Lipinski definition) is 3. The molecule has 0 aromatic heterocycles. The molecule has 1 aliphatic heterocycles. The Bertz CT molecular complexity index is 893. The van der Waals surface area contributed by atoms with Gasteiger partial charge in [-0.1, -0.05) is 46.6 Å². The molecule has 4 nitrogen and oxygen atoms in total. The molecule has 1 N–H and O–H groups in total. The standard InChI is InChI=1S/C21H22BrNO3/c1-4-9-23-18-8-6-15(22)11-17(18)21(26,20(23)25)12-19(24)16-7-5-13(2)10-14(16)3/h5-8,10-11,26H,4,9,12H2,1-3H3/t21-/m0/s1. The van der Waals surface area contributed by atoms with E-state index in [9.17, 15) is 14.7 Å². The van der Waals surface area contributed by atoms with Crippen LogP contribution in [0.1, 0.15) is 46.8 Å². The van der Waals surface area contributed by atoms with Gasteiger partial charge < -0.3 is 10.0 Å². The molecule has 0 aliphatic carbocycles. The average Bonchev–Trinajstić information content (AvgIpc) is 2.77. The summed E-state index contributed by atoms with van der Waals surface area (Å²) in [6.45, 7) is 6.32. The summed E-state index contributed by atoms with van der Waals surface area (Å²) < 4.78 is 0.764. The van der Waals surface area contributed by atoms with E-state index in [-0.39, 0.29) is 12.2 Å². The van der Waals surface area contributed by atoms with Crippen LogP contribution in [0.3, 0.4) is 0 Å². The van der Waals surface area contributed by atoms with E-state index >= 15 is 0 Å². The fourth-order valence-corrected chi connectivity index (χ4v) is 3.95. The maximum Gasteiger partial charge on any atom is 0.264 e. The van der Waals surface area contributed by atoms with Gasteiger partial charge in [-0.2, -0.15) is 0 Å². The summed E-state index contributed by atoms with van der Waals surface area (Å²) in [5.41, 5.74) is 1.80. The number of carbonyl (C=O) groups excluding carboxylic acids is 2. The van der Waals surface area contributed by atoms with E-state index < -0.39 is 11.5 Å². The van der Waals surface area contributed by atoms with E-state index in [4.69, 9.17) is 0 Å². The summed E-state index contributed by atoms with van der Waals surface area (Å²) in [5.74, 6) is -0.659.